The molecule has 2 atom stereocenters. The van der Waals surface area contributed by atoms with Crippen molar-refractivity contribution in [3.8, 4) is 11.5 Å². The van der Waals surface area contributed by atoms with Crippen molar-refractivity contribution in [3.63, 3.8) is 0 Å². The first kappa shape index (κ1) is 23.9. The second kappa shape index (κ2) is 8.62. The van der Waals surface area contributed by atoms with Crippen molar-refractivity contribution in [2.75, 3.05) is 19.4 Å². The first-order chi connectivity index (χ1) is 15.4. The fourth-order valence-electron chi connectivity index (χ4n) is 3.51. The number of aromatic hydroxyl groups is 2. The van der Waals surface area contributed by atoms with Gasteiger partial charge in [0.1, 0.15) is 16.9 Å². The van der Waals surface area contributed by atoms with E-state index in [-0.39, 0.29) is 17.0 Å². The molecule has 0 spiro atoms. The molecule has 0 saturated carbocycles. The molecule has 2 amide bonds. The number of carbonyl (C=O) groups is 2. The van der Waals surface area contributed by atoms with E-state index in [9.17, 15) is 38.1 Å². The van der Waals surface area contributed by atoms with Gasteiger partial charge in [-0.2, -0.15) is 13.2 Å². The molecule has 7 nitrogen and oxygen atoms in total. The maximum Gasteiger partial charge on any atom is 0.416 e. The molecule has 2 aromatic rings. The maximum absolute atomic E-state index is 13.4. The number of phenols is 2. The molecule has 10 heteroatoms. The lowest BCUT2D eigenvalue weighted by Crippen LogP contribution is -2.48. The number of hydrogen-bond donors (Lipinski definition) is 4. The highest BCUT2D eigenvalue weighted by Gasteiger charge is 2.47. The molecule has 2 aromatic carbocycles. The number of amides is 2. The molecule has 0 aromatic heterocycles. The van der Waals surface area contributed by atoms with Gasteiger partial charge in [-0.15, -0.1) is 0 Å². The summed E-state index contributed by atoms with van der Waals surface area (Å²) < 4.78 is 40.0. The van der Waals surface area contributed by atoms with Crippen LogP contribution in [0.3, 0.4) is 0 Å². The van der Waals surface area contributed by atoms with Crippen LogP contribution < -0.4 is 5.32 Å². The van der Waals surface area contributed by atoms with Crippen molar-refractivity contribution in [1.82, 2.24) is 4.90 Å². The summed E-state index contributed by atoms with van der Waals surface area (Å²) in [5.41, 5.74) is -3.74. The normalized spacial score (nSPS) is 19.9. The molecule has 0 radical (unpaired) electrons. The number of nitrogens with zero attached hydrogens (tertiary/aromatic N) is 1. The summed E-state index contributed by atoms with van der Waals surface area (Å²) in [5, 5.41) is 33.5. The van der Waals surface area contributed by atoms with Gasteiger partial charge >= 0.3 is 6.18 Å². The van der Waals surface area contributed by atoms with E-state index in [1.165, 1.54) is 61.5 Å². The molecule has 2 unspecified atom stereocenters. The van der Waals surface area contributed by atoms with Crippen molar-refractivity contribution < 1.29 is 38.1 Å². The van der Waals surface area contributed by atoms with Gasteiger partial charge in [0.2, 0.25) is 5.91 Å². The Kier molecular flexibility index (Phi) is 6.24. The number of aliphatic hydroxyl groups is 1. The van der Waals surface area contributed by atoms with Crippen molar-refractivity contribution >= 4 is 17.5 Å². The van der Waals surface area contributed by atoms with Crippen LogP contribution in [0.5, 0.6) is 11.5 Å². The molecular weight excluding hydrogens is 441 g/mol. The SMILES string of the molecule is CN(C)C(=O)c1cc(NC(=O)C2(c3cc(C(F)(F)F)ccc3O)C=CC=CC2O)ccc1O. The van der Waals surface area contributed by atoms with E-state index < -0.39 is 46.4 Å². The van der Waals surface area contributed by atoms with E-state index >= 15 is 0 Å². The number of halogens is 3. The number of allylic oxidation sites excluding steroid dienone is 2. The summed E-state index contributed by atoms with van der Waals surface area (Å²) in [6, 6.07) is 5.74. The van der Waals surface area contributed by atoms with Gasteiger partial charge in [0.05, 0.1) is 17.2 Å². The lowest BCUT2D eigenvalue weighted by atomic mass is 9.71. The molecule has 0 aliphatic heterocycles. The lowest BCUT2D eigenvalue weighted by Gasteiger charge is -2.35. The number of carbonyl (C=O) groups excluding carboxylic acids is 2. The molecule has 0 heterocycles. The Hall–Kier alpha value is -3.79. The number of rotatable bonds is 4. The highest BCUT2D eigenvalue weighted by molar-refractivity contribution is 6.04. The molecule has 174 valence electrons. The topological polar surface area (TPSA) is 110 Å². The lowest BCUT2D eigenvalue weighted by molar-refractivity contribution is -0.138. The molecule has 4 N–H and O–H groups in total. The number of anilines is 1. The van der Waals surface area contributed by atoms with Gasteiger partial charge in [0.15, 0.2) is 0 Å². The molecule has 1 aliphatic carbocycles. The van der Waals surface area contributed by atoms with Crippen LogP contribution in [-0.4, -0.2) is 52.2 Å². The summed E-state index contributed by atoms with van der Waals surface area (Å²) in [6.07, 6.45) is -1.19. The highest BCUT2D eigenvalue weighted by atomic mass is 19.4. The van der Waals surface area contributed by atoms with Crippen LogP contribution in [0.2, 0.25) is 0 Å². The number of aliphatic hydroxyl groups excluding tert-OH is 1. The average Bonchev–Trinajstić information content (AvgIpc) is 2.74. The Morgan fingerprint density at radius 3 is 2.30 bits per heavy atom. The third-order valence-electron chi connectivity index (χ3n) is 5.27. The van der Waals surface area contributed by atoms with Gasteiger partial charge in [-0.25, -0.2) is 0 Å². The van der Waals surface area contributed by atoms with Crippen molar-refractivity contribution in [1.29, 1.82) is 0 Å². The molecule has 0 bridgehead atoms. The zero-order valence-corrected chi connectivity index (χ0v) is 17.6. The van der Waals surface area contributed by atoms with E-state index in [0.717, 1.165) is 6.07 Å². The first-order valence-corrected chi connectivity index (χ1v) is 9.69. The van der Waals surface area contributed by atoms with Crippen LogP contribution >= 0.6 is 0 Å². The van der Waals surface area contributed by atoms with Gasteiger partial charge in [0, 0.05) is 25.3 Å². The number of benzene rings is 2. The second-order valence-corrected chi connectivity index (χ2v) is 7.67. The van der Waals surface area contributed by atoms with E-state index in [1.54, 1.807) is 0 Å². The number of alkyl halides is 3. The predicted octanol–water partition coefficient (Wildman–Crippen LogP) is 3.18. The largest absolute Gasteiger partial charge is 0.508 e. The number of hydrogen-bond acceptors (Lipinski definition) is 5. The van der Waals surface area contributed by atoms with E-state index in [0.29, 0.717) is 12.1 Å². The Labute approximate surface area is 187 Å². The number of phenolic OH excluding ortho intramolecular Hbond substituents is 2. The molecule has 0 saturated heterocycles. The number of nitrogens with one attached hydrogen (secondary N) is 1. The first-order valence-electron chi connectivity index (χ1n) is 9.69. The van der Waals surface area contributed by atoms with Crippen molar-refractivity contribution in [2.45, 2.75) is 17.7 Å². The maximum atomic E-state index is 13.4. The Morgan fingerprint density at radius 2 is 1.70 bits per heavy atom. The Morgan fingerprint density at radius 1 is 1.03 bits per heavy atom. The van der Waals surface area contributed by atoms with Gasteiger partial charge in [0.25, 0.3) is 5.91 Å². The third-order valence-corrected chi connectivity index (χ3v) is 5.27. The van der Waals surface area contributed by atoms with Gasteiger partial charge in [-0.1, -0.05) is 24.3 Å². The molecule has 1 aliphatic rings. The van der Waals surface area contributed by atoms with E-state index in [2.05, 4.69) is 5.32 Å². The summed E-state index contributed by atoms with van der Waals surface area (Å²) in [7, 11) is 2.93. The Balaban J connectivity index is 2.10. The van der Waals surface area contributed by atoms with Gasteiger partial charge < -0.3 is 25.5 Å². The van der Waals surface area contributed by atoms with Gasteiger partial charge in [-0.05, 0) is 36.4 Å². The zero-order valence-electron chi connectivity index (χ0n) is 17.6. The minimum absolute atomic E-state index is 0.0454. The fourth-order valence-corrected chi connectivity index (χ4v) is 3.51. The van der Waals surface area contributed by atoms with Crippen LogP contribution in [0.4, 0.5) is 18.9 Å². The van der Waals surface area contributed by atoms with Crippen molar-refractivity contribution in [3.05, 3.63) is 77.4 Å². The standard InChI is InChI=1S/C23H21F3N2O5/c1-28(2)20(32)15-12-14(7-9-17(15)29)27-21(33)22(10-4-3-5-19(22)31)16-11-13(23(24,25)26)6-8-18(16)30/h3-12,19,29-31H,1-2H3,(H,27,33). The summed E-state index contributed by atoms with van der Waals surface area (Å²) in [4.78, 5) is 26.9. The third kappa shape index (κ3) is 4.42. The van der Waals surface area contributed by atoms with E-state index in [1.807, 2.05) is 0 Å². The van der Waals surface area contributed by atoms with Crippen LogP contribution in [0.15, 0.2) is 60.7 Å². The second-order valence-electron chi connectivity index (χ2n) is 7.67. The monoisotopic (exact) mass is 462 g/mol. The van der Waals surface area contributed by atoms with Crippen LogP contribution in [0, 0.1) is 0 Å². The Bertz CT molecular complexity index is 1160. The van der Waals surface area contributed by atoms with Crippen LogP contribution in [0.25, 0.3) is 0 Å². The quantitative estimate of drug-likeness (QED) is 0.522. The van der Waals surface area contributed by atoms with E-state index in [4.69, 9.17) is 0 Å². The highest BCUT2D eigenvalue weighted by Crippen LogP contribution is 2.42. The summed E-state index contributed by atoms with van der Waals surface area (Å²) in [6.45, 7) is 0. The molecule has 0 fully saturated rings. The smallest absolute Gasteiger partial charge is 0.416 e. The summed E-state index contributed by atoms with van der Waals surface area (Å²) in [5.74, 6) is -2.46. The minimum Gasteiger partial charge on any atom is -0.508 e. The average molecular weight is 462 g/mol. The minimum atomic E-state index is -4.75. The molecule has 3 rings (SSSR count). The van der Waals surface area contributed by atoms with Crippen molar-refractivity contribution in [2.24, 2.45) is 0 Å². The molecular formula is C23H21F3N2O5. The van der Waals surface area contributed by atoms with Crippen LogP contribution in [0.1, 0.15) is 21.5 Å². The predicted molar refractivity (Wildman–Crippen MR) is 114 cm³/mol. The zero-order chi connectivity index (χ0) is 24.6. The van der Waals surface area contributed by atoms with Crippen LogP contribution in [-0.2, 0) is 16.4 Å². The molecule has 33 heavy (non-hydrogen) atoms. The summed E-state index contributed by atoms with van der Waals surface area (Å²) >= 11 is 0. The fraction of sp³-hybridized carbons (Fsp3) is 0.217. The van der Waals surface area contributed by atoms with Gasteiger partial charge in [-0.3, -0.25) is 9.59 Å².